The molecular weight excluding hydrogens is 345 g/mol. The van der Waals surface area contributed by atoms with E-state index in [0.717, 1.165) is 16.8 Å². The monoisotopic (exact) mass is 359 g/mol. The molecule has 0 atom stereocenters. The third-order valence-electron chi connectivity index (χ3n) is 3.51. The molecule has 0 saturated heterocycles. The Balaban J connectivity index is 1.83. The molecule has 0 bridgehead atoms. The highest BCUT2D eigenvalue weighted by molar-refractivity contribution is 6.36. The zero-order valence-corrected chi connectivity index (χ0v) is 14.7. The number of halogens is 2. The molecule has 2 aromatic carbocycles. The minimum Gasteiger partial charge on any atom is -0.451 e. The van der Waals surface area contributed by atoms with Crippen molar-refractivity contribution in [2.75, 3.05) is 5.32 Å². The van der Waals surface area contributed by atoms with Crippen LogP contribution in [0.4, 0.5) is 5.69 Å². The summed E-state index contributed by atoms with van der Waals surface area (Å²) in [5.74, 6) is 0.425. The van der Waals surface area contributed by atoms with E-state index in [1.165, 1.54) is 0 Å². The molecule has 1 heterocycles. The summed E-state index contributed by atoms with van der Waals surface area (Å²) in [6, 6.07) is 14.3. The standard InChI is InChI=1S/C19H15Cl2NO2/c1-11-7-12(2)9-14(8-11)22-19(23)18-6-5-17(24-18)15-4-3-13(20)10-16(15)21/h3-10H,1-2H3,(H,22,23). The SMILES string of the molecule is Cc1cc(C)cc(NC(=O)c2ccc(-c3ccc(Cl)cc3Cl)o2)c1. The molecule has 0 aliphatic rings. The van der Waals surface area contributed by atoms with Crippen molar-refractivity contribution < 1.29 is 9.21 Å². The van der Waals surface area contributed by atoms with Crippen molar-refractivity contribution in [2.45, 2.75) is 13.8 Å². The maximum Gasteiger partial charge on any atom is 0.291 e. The molecule has 0 unspecified atom stereocenters. The van der Waals surface area contributed by atoms with Crippen molar-refractivity contribution in [1.29, 1.82) is 0 Å². The number of anilines is 1. The molecule has 122 valence electrons. The van der Waals surface area contributed by atoms with Crippen LogP contribution in [0.25, 0.3) is 11.3 Å². The number of carbonyl (C=O) groups is 1. The van der Waals surface area contributed by atoms with Gasteiger partial charge in [-0.1, -0.05) is 29.3 Å². The number of carbonyl (C=O) groups excluding carboxylic acids is 1. The van der Waals surface area contributed by atoms with Crippen LogP contribution in [0, 0.1) is 13.8 Å². The number of amides is 1. The van der Waals surface area contributed by atoms with Gasteiger partial charge in [0.05, 0.1) is 5.02 Å². The largest absolute Gasteiger partial charge is 0.451 e. The van der Waals surface area contributed by atoms with Gasteiger partial charge in [-0.05, 0) is 67.4 Å². The molecular formula is C19H15Cl2NO2. The molecule has 3 nitrogen and oxygen atoms in total. The Kier molecular flexibility index (Phi) is 4.65. The molecule has 0 saturated carbocycles. The first kappa shape index (κ1) is 16.6. The lowest BCUT2D eigenvalue weighted by atomic mass is 10.1. The van der Waals surface area contributed by atoms with E-state index in [0.29, 0.717) is 21.4 Å². The van der Waals surface area contributed by atoms with E-state index in [-0.39, 0.29) is 11.7 Å². The lowest BCUT2D eigenvalue weighted by Gasteiger charge is -2.06. The number of hydrogen-bond donors (Lipinski definition) is 1. The van der Waals surface area contributed by atoms with Gasteiger partial charge < -0.3 is 9.73 Å². The highest BCUT2D eigenvalue weighted by Crippen LogP contribution is 2.31. The molecule has 0 radical (unpaired) electrons. The summed E-state index contributed by atoms with van der Waals surface area (Å²) in [5, 5.41) is 3.86. The fraction of sp³-hybridized carbons (Fsp3) is 0.105. The van der Waals surface area contributed by atoms with Crippen LogP contribution in [0.5, 0.6) is 0 Å². The first-order valence-electron chi connectivity index (χ1n) is 7.37. The van der Waals surface area contributed by atoms with Gasteiger partial charge in [-0.2, -0.15) is 0 Å². The predicted molar refractivity (Wildman–Crippen MR) is 98.0 cm³/mol. The maximum absolute atomic E-state index is 12.4. The molecule has 5 heteroatoms. The van der Waals surface area contributed by atoms with Gasteiger partial charge in [-0.3, -0.25) is 4.79 Å². The maximum atomic E-state index is 12.4. The second kappa shape index (κ2) is 6.71. The Morgan fingerprint density at radius 1 is 0.958 bits per heavy atom. The Morgan fingerprint density at radius 2 is 1.67 bits per heavy atom. The molecule has 1 amide bonds. The zero-order chi connectivity index (χ0) is 17.3. The topological polar surface area (TPSA) is 42.2 Å². The average molecular weight is 360 g/mol. The smallest absolute Gasteiger partial charge is 0.291 e. The first-order chi connectivity index (χ1) is 11.4. The van der Waals surface area contributed by atoms with Gasteiger partial charge in [0.2, 0.25) is 0 Å². The number of hydrogen-bond acceptors (Lipinski definition) is 2. The quantitative estimate of drug-likeness (QED) is 0.611. The van der Waals surface area contributed by atoms with Gasteiger partial charge in [0.25, 0.3) is 5.91 Å². The molecule has 3 rings (SSSR count). The Bertz CT molecular complexity index is 895. The molecule has 1 N–H and O–H groups in total. The number of benzene rings is 2. The van der Waals surface area contributed by atoms with Crippen LogP contribution in [-0.2, 0) is 0 Å². The van der Waals surface area contributed by atoms with Crippen LogP contribution in [0.2, 0.25) is 10.0 Å². The van der Waals surface area contributed by atoms with Crippen molar-refractivity contribution in [3.63, 3.8) is 0 Å². The van der Waals surface area contributed by atoms with E-state index >= 15 is 0 Å². The number of rotatable bonds is 3. The minimum atomic E-state index is -0.309. The molecule has 0 spiro atoms. The van der Waals surface area contributed by atoms with Crippen LogP contribution in [-0.4, -0.2) is 5.91 Å². The predicted octanol–water partition coefficient (Wildman–Crippen LogP) is 6.12. The Hall–Kier alpha value is -2.23. The van der Waals surface area contributed by atoms with Crippen molar-refractivity contribution in [1.82, 2.24) is 0 Å². The summed E-state index contributed by atoms with van der Waals surface area (Å²) in [6.07, 6.45) is 0. The average Bonchev–Trinajstić information content (AvgIpc) is 2.95. The molecule has 3 aromatic rings. The molecule has 0 aliphatic carbocycles. The van der Waals surface area contributed by atoms with Gasteiger partial charge in [0.15, 0.2) is 5.76 Å². The highest BCUT2D eigenvalue weighted by Gasteiger charge is 2.14. The van der Waals surface area contributed by atoms with Crippen molar-refractivity contribution >= 4 is 34.8 Å². The van der Waals surface area contributed by atoms with Crippen LogP contribution in [0.1, 0.15) is 21.7 Å². The van der Waals surface area contributed by atoms with Gasteiger partial charge in [-0.15, -0.1) is 0 Å². The van der Waals surface area contributed by atoms with E-state index in [2.05, 4.69) is 5.32 Å². The van der Waals surface area contributed by atoms with E-state index in [1.54, 1.807) is 30.3 Å². The molecule has 0 fully saturated rings. The molecule has 24 heavy (non-hydrogen) atoms. The van der Waals surface area contributed by atoms with E-state index in [9.17, 15) is 4.79 Å². The van der Waals surface area contributed by atoms with Crippen molar-refractivity contribution in [2.24, 2.45) is 0 Å². The summed E-state index contributed by atoms with van der Waals surface area (Å²) < 4.78 is 5.65. The van der Waals surface area contributed by atoms with Gasteiger partial charge in [0, 0.05) is 16.3 Å². The van der Waals surface area contributed by atoms with Crippen molar-refractivity contribution in [3.05, 3.63) is 75.5 Å². The Morgan fingerprint density at radius 3 is 2.33 bits per heavy atom. The Labute approximate surface area is 150 Å². The lowest BCUT2D eigenvalue weighted by Crippen LogP contribution is -2.11. The number of aryl methyl sites for hydroxylation is 2. The summed E-state index contributed by atoms with van der Waals surface area (Å²) in [5.41, 5.74) is 3.59. The number of furan rings is 1. The lowest BCUT2D eigenvalue weighted by molar-refractivity contribution is 0.0997. The second-order valence-corrected chi connectivity index (χ2v) is 6.46. The van der Waals surface area contributed by atoms with Crippen molar-refractivity contribution in [3.8, 4) is 11.3 Å². The third-order valence-corrected chi connectivity index (χ3v) is 4.05. The summed E-state index contributed by atoms with van der Waals surface area (Å²) in [4.78, 5) is 12.4. The van der Waals surface area contributed by atoms with Gasteiger partial charge >= 0.3 is 0 Å². The summed E-state index contributed by atoms with van der Waals surface area (Å²) in [6.45, 7) is 3.96. The fourth-order valence-corrected chi connectivity index (χ4v) is 3.04. The summed E-state index contributed by atoms with van der Waals surface area (Å²) >= 11 is 12.1. The van der Waals surface area contributed by atoms with Gasteiger partial charge in [0.1, 0.15) is 5.76 Å². The van der Waals surface area contributed by atoms with Gasteiger partial charge in [-0.25, -0.2) is 0 Å². The van der Waals surface area contributed by atoms with E-state index in [1.807, 2.05) is 32.0 Å². The summed E-state index contributed by atoms with van der Waals surface area (Å²) in [7, 11) is 0. The third kappa shape index (κ3) is 3.64. The molecule has 0 aliphatic heterocycles. The zero-order valence-electron chi connectivity index (χ0n) is 13.2. The fourth-order valence-electron chi connectivity index (χ4n) is 2.53. The second-order valence-electron chi connectivity index (χ2n) is 5.62. The molecule has 1 aromatic heterocycles. The van der Waals surface area contributed by atoms with Crippen LogP contribution in [0.15, 0.2) is 52.9 Å². The van der Waals surface area contributed by atoms with E-state index < -0.39 is 0 Å². The van der Waals surface area contributed by atoms with Crippen LogP contribution >= 0.6 is 23.2 Å². The first-order valence-corrected chi connectivity index (χ1v) is 8.13. The number of nitrogens with one attached hydrogen (secondary N) is 1. The van der Waals surface area contributed by atoms with Crippen LogP contribution in [0.3, 0.4) is 0 Å². The van der Waals surface area contributed by atoms with E-state index in [4.69, 9.17) is 27.6 Å². The van der Waals surface area contributed by atoms with Crippen LogP contribution < -0.4 is 5.32 Å². The highest BCUT2D eigenvalue weighted by atomic mass is 35.5. The minimum absolute atomic E-state index is 0.218. The normalized spacial score (nSPS) is 10.7.